The van der Waals surface area contributed by atoms with Gasteiger partial charge in [0.2, 0.25) is 0 Å². The summed E-state index contributed by atoms with van der Waals surface area (Å²) in [5, 5.41) is 0. The third-order valence-corrected chi connectivity index (χ3v) is 3.13. The van der Waals surface area contributed by atoms with E-state index in [0.29, 0.717) is 0 Å². The highest BCUT2D eigenvalue weighted by molar-refractivity contribution is 7.92. The van der Waals surface area contributed by atoms with Gasteiger partial charge in [-0.15, -0.1) is 0 Å². The van der Waals surface area contributed by atoms with E-state index in [2.05, 4.69) is 4.74 Å². The number of rotatable bonds is 4. The summed E-state index contributed by atoms with van der Waals surface area (Å²) in [5.74, 6) is -2.63. The summed E-state index contributed by atoms with van der Waals surface area (Å²) >= 11 is 0. The van der Waals surface area contributed by atoms with Crippen molar-refractivity contribution in [2.75, 3.05) is 18.6 Å². The molecule has 0 saturated carbocycles. The van der Waals surface area contributed by atoms with Crippen LogP contribution >= 0.6 is 0 Å². The minimum Gasteiger partial charge on any atom is -0.468 e. The molecule has 5 nitrogen and oxygen atoms in total. The maximum absolute atomic E-state index is 11.4. The molecule has 0 fully saturated rings. The van der Waals surface area contributed by atoms with Crippen LogP contribution in [-0.4, -0.2) is 38.8 Å². The van der Waals surface area contributed by atoms with Crippen molar-refractivity contribution in [3.8, 4) is 0 Å². The van der Waals surface area contributed by atoms with Gasteiger partial charge in [-0.25, -0.2) is 8.42 Å². The van der Waals surface area contributed by atoms with E-state index in [1.54, 1.807) is 20.8 Å². The number of esters is 1. The van der Waals surface area contributed by atoms with Gasteiger partial charge < -0.3 is 4.74 Å². The van der Waals surface area contributed by atoms with Crippen LogP contribution in [0.5, 0.6) is 0 Å². The first-order valence-electron chi connectivity index (χ1n) is 4.39. The van der Waals surface area contributed by atoms with E-state index >= 15 is 0 Å². The molecule has 0 spiro atoms. The predicted molar refractivity (Wildman–Crippen MR) is 55.1 cm³/mol. The summed E-state index contributed by atoms with van der Waals surface area (Å²) in [5.41, 5.74) is -0.719. The van der Waals surface area contributed by atoms with Gasteiger partial charge in [0.25, 0.3) is 0 Å². The van der Waals surface area contributed by atoms with Crippen molar-refractivity contribution in [3.05, 3.63) is 0 Å². The number of ketones is 1. The van der Waals surface area contributed by atoms with Gasteiger partial charge in [-0.3, -0.25) is 9.59 Å². The Morgan fingerprint density at radius 2 is 1.60 bits per heavy atom. The van der Waals surface area contributed by atoms with E-state index < -0.39 is 38.5 Å². The fourth-order valence-corrected chi connectivity index (χ4v) is 2.12. The topological polar surface area (TPSA) is 77.5 Å². The number of Topliss-reactive ketones (excluding diaryl/α,β-unsaturated/α-hetero) is 1. The van der Waals surface area contributed by atoms with Gasteiger partial charge in [0.15, 0.2) is 15.6 Å². The maximum Gasteiger partial charge on any atom is 0.320 e. The molecule has 0 aliphatic heterocycles. The second kappa shape index (κ2) is 4.74. The number of carbonyl (C=O) groups is 2. The molecule has 0 aromatic heterocycles. The van der Waals surface area contributed by atoms with E-state index in [0.717, 1.165) is 7.11 Å². The van der Waals surface area contributed by atoms with Crippen LogP contribution in [0, 0.1) is 5.41 Å². The van der Waals surface area contributed by atoms with Crippen molar-refractivity contribution in [2.45, 2.75) is 20.8 Å². The molecular formula is C9H16O5S. The zero-order chi connectivity index (χ0) is 12.3. The molecule has 0 aromatic rings. The molecule has 6 heteroatoms. The molecule has 15 heavy (non-hydrogen) atoms. The van der Waals surface area contributed by atoms with Crippen molar-refractivity contribution in [1.29, 1.82) is 0 Å². The van der Waals surface area contributed by atoms with Gasteiger partial charge in [0, 0.05) is 5.41 Å². The summed E-state index contributed by atoms with van der Waals surface area (Å²) in [6, 6.07) is 0. The standard InChI is InChI=1S/C9H16O5S/c1-9(2,3)7(10)5-15(12,13)6-8(11)14-4/h5-6H2,1-4H3. The number of ether oxygens (including phenoxy) is 1. The molecule has 0 bridgehead atoms. The Morgan fingerprint density at radius 3 is 1.93 bits per heavy atom. The van der Waals surface area contributed by atoms with Crippen molar-refractivity contribution >= 4 is 21.6 Å². The van der Waals surface area contributed by atoms with Gasteiger partial charge in [-0.1, -0.05) is 20.8 Å². The Hall–Kier alpha value is -0.910. The maximum atomic E-state index is 11.4. The average Bonchev–Trinajstić information content (AvgIpc) is 2.00. The zero-order valence-electron chi connectivity index (χ0n) is 9.36. The average molecular weight is 236 g/mol. The lowest BCUT2D eigenvalue weighted by Crippen LogP contribution is -2.31. The van der Waals surface area contributed by atoms with Crippen LogP contribution in [0.1, 0.15) is 20.8 Å². The second-order valence-electron chi connectivity index (χ2n) is 4.28. The zero-order valence-corrected chi connectivity index (χ0v) is 10.2. The summed E-state index contributed by atoms with van der Waals surface area (Å²) in [4.78, 5) is 22.2. The lowest BCUT2D eigenvalue weighted by atomic mass is 9.92. The first-order valence-corrected chi connectivity index (χ1v) is 6.21. The number of methoxy groups -OCH3 is 1. The lowest BCUT2D eigenvalue weighted by Gasteiger charge is -2.15. The lowest BCUT2D eigenvalue weighted by molar-refractivity contribution is -0.137. The van der Waals surface area contributed by atoms with Crippen LogP contribution in [-0.2, 0) is 24.2 Å². The third kappa shape index (κ3) is 5.51. The Bertz CT molecular complexity index is 347. The van der Waals surface area contributed by atoms with E-state index in [9.17, 15) is 18.0 Å². The van der Waals surface area contributed by atoms with Gasteiger partial charge in [-0.05, 0) is 0 Å². The highest BCUT2D eigenvalue weighted by atomic mass is 32.2. The summed E-state index contributed by atoms with van der Waals surface area (Å²) in [6.45, 7) is 4.88. The van der Waals surface area contributed by atoms with Gasteiger partial charge in [-0.2, -0.15) is 0 Å². The molecule has 0 radical (unpaired) electrons. The molecule has 88 valence electrons. The summed E-state index contributed by atoms with van der Waals surface area (Å²) in [7, 11) is -2.60. The fourth-order valence-electron chi connectivity index (χ4n) is 0.706. The fraction of sp³-hybridized carbons (Fsp3) is 0.778. The number of hydrogen-bond donors (Lipinski definition) is 0. The van der Waals surface area contributed by atoms with Crippen LogP contribution in [0.15, 0.2) is 0 Å². The first kappa shape index (κ1) is 14.1. The van der Waals surface area contributed by atoms with Gasteiger partial charge in [0.1, 0.15) is 11.5 Å². The molecule has 0 saturated heterocycles. The molecule has 0 N–H and O–H groups in total. The monoisotopic (exact) mass is 236 g/mol. The molecule has 0 amide bonds. The minimum atomic E-state index is -3.70. The van der Waals surface area contributed by atoms with Crippen molar-refractivity contribution < 1.29 is 22.7 Å². The molecule has 0 aliphatic rings. The normalized spacial score (nSPS) is 12.3. The highest BCUT2D eigenvalue weighted by Crippen LogP contribution is 2.15. The molecule has 0 atom stereocenters. The molecule has 0 rings (SSSR count). The van der Waals surface area contributed by atoms with Crippen LogP contribution in [0.4, 0.5) is 0 Å². The van der Waals surface area contributed by atoms with Crippen LogP contribution < -0.4 is 0 Å². The summed E-state index contributed by atoms with van der Waals surface area (Å²) in [6.07, 6.45) is 0. The minimum absolute atomic E-state index is 0.411. The molecule has 0 aliphatic carbocycles. The van der Waals surface area contributed by atoms with Crippen LogP contribution in [0.3, 0.4) is 0 Å². The number of hydrogen-bond acceptors (Lipinski definition) is 5. The van der Waals surface area contributed by atoms with E-state index in [4.69, 9.17) is 0 Å². The van der Waals surface area contributed by atoms with E-state index in [1.807, 2.05) is 0 Å². The molecular weight excluding hydrogens is 220 g/mol. The Balaban J connectivity index is 4.54. The third-order valence-electron chi connectivity index (χ3n) is 1.75. The molecule has 0 heterocycles. The predicted octanol–water partition coefficient (Wildman–Crippen LogP) is 0.189. The van der Waals surface area contributed by atoms with Crippen molar-refractivity contribution in [3.63, 3.8) is 0 Å². The van der Waals surface area contributed by atoms with Crippen molar-refractivity contribution in [1.82, 2.24) is 0 Å². The quantitative estimate of drug-likeness (QED) is 0.651. The van der Waals surface area contributed by atoms with Crippen LogP contribution in [0.2, 0.25) is 0 Å². The van der Waals surface area contributed by atoms with Gasteiger partial charge in [0.05, 0.1) is 7.11 Å². The highest BCUT2D eigenvalue weighted by Gasteiger charge is 2.28. The molecule has 0 unspecified atom stereocenters. The van der Waals surface area contributed by atoms with E-state index in [1.165, 1.54) is 0 Å². The smallest absolute Gasteiger partial charge is 0.320 e. The largest absolute Gasteiger partial charge is 0.468 e. The van der Waals surface area contributed by atoms with Crippen molar-refractivity contribution in [2.24, 2.45) is 5.41 Å². The number of carbonyl (C=O) groups excluding carboxylic acids is 2. The first-order chi connectivity index (χ1) is 6.58. The number of sulfone groups is 1. The Labute approximate surface area is 89.7 Å². The second-order valence-corrected chi connectivity index (χ2v) is 6.35. The Kier molecular flexibility index (Phi) is 4.45. The summed E-state index contributed by atoms with van der Waals surface area (Å²) < 4.78 is 26.9. The van der Waals surface area contributed by atoms with E-state index in [-0.39, 0.29) is 0 Å². The van der Waals surface area contributed by atoms with Gasteiger partial charge >= 0.3 is 5.97 Å². The van der Waals surface area contributed by atoms with Crippen LogP contribution in [0.25, 0.3) is 0 Å². The molecule has 0 aromatic carbocycles. The SMILES string of the molecule is COC(=O)CS(=O)(=O)CC(=O)C(C)(C)C. The Morgan fingerprint density at radius 1 is 1.13 bits per heavy atom.